The van der Waals surface area contributed by atoms with Crippen LogP contribution in [-0.4, -0.2) is 68.2 Å². The number of halogens is 3. The molecule has 6 rings (SSSR count). The fourth-order valence-electron chi connectivity index (χ4n) is 6.79. The number of amides is 1. The predicted molar refractivity (Wildman–Crippen MR) is 160 cm³/mol. The lowest BCUT2D eigenvalue weighted by atomic mass is 9.73. The molecule has 1 aliphatic carbocycles. The first-order valence-corrected chi connectivity index (χ1v) is 15.5. The number of aliphatic hydroxyl groups excluding tert-OH is 1. The van der Waals surface area contributed by atoms with Crippen molar-refractivity contribution in [2.24, 2.45) is 5.92 Å². The molecule has 0 spiro atoms. The monoisotopic (exact) mass is 628 g/mol. The summed E-state index contributed by atoms with van der Waals surface area (Å²) >= 11 is 12.3. The van der Waals surface area contributed by atoms with Gasteiger partial charge in [-0.15, -0.1) is 0 Å². The standard InChI is InChI=1S/C32H35Cl2FN4O4/c1-3-31(42,19-8-10-38(2)11-9-19)21-12-26-29(27(35)13-21)32(43-25-14-24(40)15-25,20-4-6-22(33)7-5-20)39(30(26)41)18-28-36-16-23(34)17-37-28/h4-7,12-13,16-17,19,24-25,40,42H,3,8-11,14-15,18H2,1-2H3/t24-,25+,31-,32+/m0/s1. The lowest BCUT2D eigenvalue weighted by Gasteiger charge is -2.45. The molecule has 1 amide bonds. The van der Waals surface area contributed by atoms with Gasteiger partial charge in [0.25, 0.3) is 5.91 Å². The van der Waals surface area contributed by atoms with Crippen LogP contribution in [0.3, 0.4) is 0 Å². The highest BCUT2D eigenvalue weighted by Gasteiger charge is 2.57. The average molecular weight is 630 g/mol. The average Bonchev–Trinajstić information content (AvgIpc) is 3.21. The van der Waals surface area contributed by atoms with Crippen molar-refractivity contribution in [3.63, 3.8) is 0 Å². The molecule has 2 atom stereocenters. The molecular weight excluding hydrogens is 594 g/mol. The van der Waals surface area contributed by atoms with Crippen LogP contribution in [0.25, 0.3) is 0 Å². The third-order valence-electron chi connectivity index (χ3n) is 9.33. The van der Waals surface area contributed by atoms with Gasteiger partial charge in [0.05, 0.1) is 40.5 Å². The number of hydrogen-bond acceptors (Lipinski definition) is 7. The second-order valence-corrected chi connectivity index (χ2v) is 12.8. The highest BCUT2D eigenvalue weighted by molar-refractivity contribution is 6.30. The molecule has 0 unspecified atom stereocenters. The number of carbonyl (C=O) groups is 1. The van der Waals surface area contributed by atoms with E-state index in [0.29, 0.717) is 40.4 Å². The number of hydrogen-bond donors (Lipinski definition) is 2. The number of piperidine rings is 1. The molecule has 228 valence electrons. The minimum absolute atomic E-state index is 0.0563. The summed E-state index contributed by atoms with van der Waals surface area (Å²) in [5, 5.41) is 23.0. The summed E-state index contributed by atoms with van der Waals surface area (Å²) < 4.78 is 23.5. The van der Waals surface area contributed by atoms with Crippen molar-refractivity contribution < 1.29 is 24.1 Å². The second-order valence-electron chi connectivity index (χ2n) is 12.0. The number of likely N-dealkylation sites (tertiary alicyclic amines) is 1. The lowest BCUT2D eigenvalue weighted by Crippen LogP contribution is -2.52. The van der Waals surface area contributed by atoms with E-state index < -0.39 is 35.3 Å². The number of fused-ring (bicyclic) bond motifs is 1. The second kappa shape index (κ2) is 11.7. The van der Waals surface area contributed by atoms with Gasteiger partial charge in [-0.2, -0.15) is 0 Å². The molecule has 2 aromatic carbocycles. The largest absolute Gasteiger partial charge is 0.393 e. The van der Waals surface area contributed by atoms with Crippen LogP contribution in [0.2, 0.25) is 10.0 Å². The summed E-state index contributed by atoms with van der Waals surface area (Å²) in [6.07, 6.45) is 4.46. The van der Waals surface area contributed by atoms with Gasteiger partial charge in [-0.05, 0) is 88.0 Å². The first kappa shape index (κ1) is 30.4. The molecule has 11 heteroatoms. The Morgan fingerprint density at radius 3 is 2.35 bits per heavy atom. The van der Waals surface area contributed by atoms with E-state index in [1.54, 1.807) is 30.3 Å². The highest BCUT2D eigenvalue weighted by Crippen LogP contribution is 2.51. The fraction of sp³-hybridized carbons (Fsp3) is 0.469. The van der Waals surface area contributed by atoms with Crippen LogP contribution in [0.5, 0.6) is 0 Å². The number of aliphatic hydroxyl groups is 2. The van der Waals surface area contributed by atoms with E-state index in [1.165, 1.54) is 23.4 Å². The van der Waals surface area contributed by atoms with E-state index >= 15 is 4.39 Å². The topological polar surface area (TPSA) is 99.0 Å². The maximum Gasteiger partial charge on any atom is 0.257 e. The third-order valence-corrected chi connectivity index (χ3v) is 9.78. The summed E-state index contributed by atoms with van der Waals surface area (Å²) in [4.78, 5) is 26.7. The molecule has 0 radical (unpaired) electrons. The Labute approximate surface area is 260 Å². The van der Waals surface area contributed by atoms with Gasteiger partial charge in [0.15, 0.2) is 0 Å². The molecule has 2 fully saturated rings. The van der Waals surface area contributed by atoms with E-state index in [4.69, 9.17) is 27.9 Å². The predicted octanol–water partition coefficient (Wildman–Crippen LogP) is 5.26. The Morgan fingerprint density at radius 2 is 1.74 bits per heavy atom. The molecule has 1 saturated heterocycles. The van der Waals surface area contributed by atoms with Crippen molar-refractivity contribution in [3.05, 3.63) is 92.7 Å². The number of ether oxygens (including phenoxy) is 1. The van der Waals surface area contributed by atoms with E-state index in [-0.39, 0.29) is 29.4 Å². The zero-order valence-corrected chi connectivity index (χ0v) is 25.7. The molecule has 3 aliphatic rings. The third kappa shape index (κ3) is 5.34. The normalized spacial score (nSPS) is 25.8. The Bertz CT molecular complexity index is 1500. The van der Waals surface area contributed by atoms with Gasteiger partial charge in [-0.3, -0.25) is 9.69 Å². The van der Waals surface area contributed by atoms with E-state index in [1.807, 2.05) is 14.0 Å². The molecule has 43 heavy (non-hydrogen) atoms. The van der Waals surface area contributed by atoms with Crippen molar-refractivity contribution in [2.45, 2.75) is 69.1 Å². The SMILES string of the molecule is CC[C@@](O)(c1cc(F)c2c(c1)C(=O)N(Cc1ncc(Cl)cn1)[C@@]2(O[C@H]1C[C@@H](O)C1)c1ccc(Cl)cc1)C1CCN(C)CC1. The van der Waals surface area contributed by atoms with Crippen molar-refractivity contribution in [1.82, 2.24) is 19.8 Å². The molecule has 1 saturated carbocycles. The lowest BCUT2D eigenvalue weighted by molar-refractivity contribution is -0.191. The van der Waals surface area contributed by atoms with E-state index in [2.05, 4.69) is 14.9 Å². The molecule has 1 aromatic heterocycles. The number of nitrogens with zero attached hydrogens (tertiary/aromatic N) is 4. The molecule has 3 heterocycles. The molecule has 0 bridgehead atoms. The quantitative estimate of drug-likeness (QED) is 0.351. The molecule has 3 aromatic rings. The summed E-state index contributed by atoms with van der Waals surface area (Å²) in [6.45, 7) is 3.44. The summed E-state index contributed by atoms with van der Waals surface area (Å²) in [7, 11) is 2.05. The van der Waals surface area contributed by atoms with Gasteiger partial charge in [0, 0.05) is 23.0 Å². The zero-order valence-electron chi connectivity index (χ0n) is 24.1. The number of carbonyl (C=O) groups excluding carboxylic acids is 1. The van der Waals surface area contributed by atoms with Gasteiger partial charge in [-0.25, -0.2) is 14.4 Å². The first-order valence-electron chi connectivity index (χ1n) is 14.7. The smallest absolute Gasteiger partial charge is 0.257 e. The van der Waals surface area contributed by atoms with Gasteiger partial charge >= 0.3 is 0 Å². The van der Waals surface area contributed by atoms with Crippen LogP contribution in [-0.2, 0) is 22.6 Å². The Hall–Kier alpha value is -2.66. The minimum Gasteiger partial charge on any atom is -0.393 e. The first-order chi connectivity index (χ1) is 20.5. The van der Waals surface area contributed by atoms with Crippen molar-refractivity contribution in [2.75, 3.05) is 20.1 Å². The van der Waals surface area contributed by atoms with Crippen LogP contribution in [0.4, 0.5) is 4.39 Å². The van der Waals surface area contributed by atoms with Gasteiger partial charge in [0.2, 0.25) is 5.72 Å². The molecule has 2 N–H and O–H groups in total. The zero-order chi connectivity index (χ0) is 30.5. The van der Waals surface area contributed by atoms with Crippen LogP contribution in [0, 0.1) is 11.7 Å². The molecule has 2 aliphatic heterocycles. The van der Waals surface area contributed by atoms with E-state index in [0.717, 1.165) is 25.9 Å². The maximum atomic E-state index is 16.8. The van der Waals surface area contributed by atoms with Gasteiger partial charge in [-0.1, -0.05) is 42.3 Å². The Kier molecular flexibility index (Phi) is 8.25. The van der Waals surface area contributed by atoms with Crippen molar-refractivity contribution in [3.8, 4) is 0 Å². The van der Waals surface area contributed by atoms with Crippen LogP contribution in [0.15, 0.2) is 48.8 Å². The molecular formula is C32H35Cl2FN4O4. The van der Waals surface area contributed by atoms with Gasteiger partial charge in [0.1, 0.15) is 11.6 Å². The summed E-state index contributed by atoms with van der Waals surface area (Å²) in [5.74, 6) is -0.936. The fourth-order valence-corrected chi connectivity index (χ4v) is 7.02. The highest BCUT2D eigenvalue weighted by atomic mass is 35.5. The van der Waals surface area contributed by atoms with Gasteiger partial charge < -0.3 is 19.8 Å². The van der Waals surface area contributed by atoms with E-state index in [9.17, 15) is 15.0 Å². The van der Waals surface area contributed by atoms with Crippen LogP contribution < -0.4 is 0 Å². The Morgan fingerprint density at radius 1 is 1.09 bits per heavy atom. The summed E-state index contributed by atoms with van der Waals surface area (Å²) in [5.41, 5.74) is -1.98. The number of rotatable bonds is 8. The minimum atomic E-state index is -1.70. The molecule has 8 nitrogen and oxygen atoms in total. The number of aromatic nitrogens is 2. The van der Waals surface area contributed by atoms with Crippen LogP contribution in [0.1, 0.15) is 71.9 Å². The van der Waals surface area contributed by atoms with Crippen molar-refractivity contribution in [1.29, 1.82) is 0 Å². The van der Waals surface area contributed by atoms with Crippen molar-refractivity contribution >= 4 is 29.1 Å². The number of benzene rings is 2. The Balaban J connectivity index is 1.53. The van der Waals surface area contributed by atoms with Crippen LogP contribution >= 0.6 is 23.2 Å². The maximum absolute atomic E-state index is 16.8. The summed E-state index contributed by atoms with van der Waals surface area (Å²) in [6, 6.07) is 9.75.